The highest BCUT2D eigenvalue weighted by Gasteiger charge is 2.32. The molecular weight excluding hydrogens is 428 g/mol. The molecular formula is C27H36N4O3. The van der Waals surface area contributed by atoms with Gasteiger partial charge < -0.3 is 21.3 Å². The maximum Gasteiger partial charge on any atom is 0.247 e. The molecule has 2 atom stereocenters. The topological polar surface area (TPSA) is 105 Å². The van der Waals surface area contributed by atoms with Gasteiger partial charge in [0.25, 0.3) is 0 Å². The van der Waals surface area contributed by atoms with Crippen LogP contribution in [0.2, 0.25) is 0 Å². The normalized spacial score (nSPS) is 16.1. The van der Waals surface area contributed by atoms with E-state index in [1.807, 2.05) is 75.4 Å². The number of piperidine rings is 1. The van der Waals surface area contributed by atoms with Gasteiger partial charge in [-0.05, 0) is 49.8 Å². The van der Waals surface area contributed by atoms with Crippen molar-refractivity contribution in [3.63, 3.8) is 0 Å². The van der Waals surface area contributed by atoms with Gasteiger partial charge in [0.05, 0.1) is 6.04 Å². The van der Waals surface area contributed by atoms with Crippen LogP contribution in [0.3, 0.4) is 0 Å². The van der Waals surface area contributed by atoms with Gasteiger partial charge in [0.2, 0.25) is 17.7 Å². The van der Waals surface area contributed by atoms with E-state index in [9.17, 15) is 14.4 Å². The van der Waals surface area contributed by atoms with Crippen LogP contribution in [0.5, 0.6) is 0 Å². The smallest absolute Gasteiger partial charge is 0.247 e. The predicted molar refractivity (Wildman–Crippen MR) is 134 cm³/mol. The number of carbonyl (C=O) groups excluding carboxylic acids is 3. The first-order valence-electron chi connectivity index (χ1n) is 12.0. The number of nitrogens with one attached hydrogen (secondary N) is 2. The van der Waals surface area contributed by atoms with E-state index < -0.39 is 12.1 Å². The molecule has 34 heavy (non-hydrogen) atoms. The molecule has 0 aliphatic carbocycles. The first kappa shape index (κ1) is 25.4. The quantitative estimate of drug-likeness (QED) is 0.559. The van der Waals surface area contributed by atoms with Gasteiger partial charge in [-0.2, -0.15) is 0 Å². The summed E-state index contributed by atoms with van der Waals surface area (Å²) in [4.78, 5) is 40.3. The van der Waals surface area contributed by atoms with E-state index in [0.29, 0.717) is 38.0 Å². The lowest BCUT2D eigenvalue weighted by Crippen LogP contribution is -2.52. The lowest BCUT2D eigenvalue weighted by Gasteiger charge is -2.34. The summed E-state index contributed by atoms with van der Waals surface area (Å²) in [5.41, 5.74) is 9.00. The van der Waals surface area contributed by atoms with Crippen molar-refractivity contribution in [3.8, 4) is 0 Å². The zero-order valence-electron chi connectivity index (χ0n) is 20.3. The largest absolute Gasteiger partial charge is 0.344 e. The van der Waals surface area contributed by atoms with E-state index in [4.69, 9.17) is 5.73 Å². The summed E-state index contributed by atoms with van der Waals surface area (Å²) < 4.78 is 0. The monoisotopic (exact) mass is 464 g/mol. The molecule has 3 amide bonds. The van der Waals surface area contributed by atoms with Crippen molar-refractivity contribution >= 4 is 23.4 Å². The summed E-state index contributed by atoms with van der Waals surface area (Å²) in [6.07, 6.45) is 1.60. The summed E-state index contributed by atoms with van der Waals surface area (Å²) in [6.45, 7) is 6.78. The zero-order chi connectivity index (χ0) is 24.7. The van der Waals surface area contributed by atoms with Crippen LogP contribution in [-0.4, -0.2) is 47.8 Å². The molecule has 1 aliphatic rings. The Bertz CT molecular complexity index is 967. The van der Waals surface area contributed by atoms with Gasteiger partial charge in [-0.25, -0.2) is 0 Å². The summed E-state index contributed by atoms with van der Waals surface area (Å²) in [6, 6.07) is 16.1. The number of hydrogen-bond donors (Lipinski definition) is 3. The highest BCUT2D eigenvalue weighted by atomic mass is 16.2. The van der Waals surface area contributed by atoms with Crippen LogP contribution in [0.15, 0.2) is 54.6 Å². The minimum Gasteiger partial charge on any atom is -0.344 e. The number of nitrogens with zero attached hydrogens (tertiary/aromatic N) is 1. The zero-order valence-corrected chi connectivity index (χ0v) is 20.3. The van der Waals surface area contributed by atoms with Gasteiger partial charge in [0.15, 0.2) is 0 Å². The number of nitrogens with two attached hydrogens (primary N) is 1. The Labute approximate surface area is 202 Å². The minimum absolute atomic E-state index is 0.0629. The number of amides is 3. The van der Waals surface area contributed by atoms with Crippen LogP contribution in [0.25, 0.3) is 0 Å². The molecule has 2 aromatic rings. The number of aryl methyl sites for hydroxylation is 1. The van der Waals surface area contributed by atoms with Gasteiger partial charge >= 0.3 is 0 Å². The SMILES string of the molecule is Cc1ccc(NC(=O)[C@@H](NC(=O)C2CCN(C(=O)[C@@H](N)Cc3ccccc3)CC2)C(C)C)cc1. The molecule has 0 bridgehead atoms. The summed E-state index contributed by atoms with van der Waals surface area (Å²) in [5.74, 6) is -0.750. The van der Waals surface area contributed by atoms with Crippen LogP contribution < -0.4 is 16.4 Å². The third-order valence-electron chi connectivity index (χ3n) is 6.36. The van der Waals surface area contributed by atoms with Crippen LogP contribution in [0.4, 0.5) is 5.69 Å². The van der Waals surface area contributed by atoms with Gasteiger partial charge in [-0.15, -0.1) is 0 Å². The predicted octanol–water partition coefficient (Wildman–Crippen LogP) is 2.88. The molecule has 1 aliphatic heterocycles. The molecule has 0 unspecified atom stereocenters. The second-order valence-electron chi connectivity index (χ2n) is 9.48. The lowest BCUT2D eigenvalue weighted by molar-refractivity contribution is -0.137. The second kappa shape index (κ2) is 11.8. The van der Waals surface area contributed by atoms with E-state index in [-0.39, 0.29) is 29.6 Å². The molecule has 0 aromatic heterocycles. The number of carbonyl (C=O) groups is 3. The van der Waals surface area contributed by atoms with Crippen molar-refractivity contribution in [1.29, 1.82) is 0 Å². The number of hydrogen-bond acceptors (Lipinski definition) is 4. The van der Waals surface area contributed by atoms with E-state index in [1.54, 1.807) is 4.90 Å². The first-order chi connectivity index (χ1) is 16.2. The van der Waals surface area contributed by atoms with E-state index in [2.05, 4.69) is 10.6 Å². The first-order valence-corrected chi connectivity index (χ1v) is 12.0. The van der Waals surface area contributed by atoms with Gasteiger partial charge in [-0.1, -0.05) is 61.9 Å². The molecule has 4 N–H and O–H groups in total. The lowest BCUT2D eigenvalue weighted by atomic mass is 9.93. The average Bonchev–Trinajstić information content (AvgIpc) is 2.83. The van der Waals surface area contributed by atoms with E-state index in [1.165, 1.54) is 0 Å². The molecule has 1 fully saturated rings. The number of benzene rings is 2. The molecule has 7 heteroatoms. The molecule has 0 spiro atoms. The molecule has 182 valence electrons. The molecule has 7 nitrogen and oxygen atoms in total. The summed E-state index contributed by atoms with van der Waals surface area (Å²) >= 11 is 0. The standard InChI is InChI=1S/C27H36N4O3/c1-18(2)24(26(33)29-22-11-9-19(3)10-12-22)30-25(32)21-13-15-31(16-14-21)27(34)23(28)17-20-7-5-4-6-8-20/h4-12,18,21,23-24H,13-17,28H2,1-3H3,(H,29,33)(H,30,32)/t23-,24-/m0/s1. The summed E-state index contributed by atoms with van der Waals surface area (Å²) in [7, 11) is 0. The fraction of sp³-hybridized carbons (Fsp3) is 0.444. The van der Waals surface area contributed by atoms with Crippen molar-refractivity contribution < 1.29 is 14.4 Å². The highest BCUT2D eigenvalue weighted by Crippen LogP contribution is 2.20. The van der Waals surface area contributed by atoms with Crippen LogP contribution in [0, 0.1) is 18.8 Å². The molecule has 0 saturated carbocycles. The third-order valence-corrected chi connectivity index (χ3v) is 6.36. The van der Waals surface area contributed by atoms with Crippen LogP contribution in [0.1, 0.15) is 37.8 Å². The molecule has 0 radical (unpaired) electrons. The Morgan fingerprint density at radius 1 is 1.00 bits per heavy atom. The van der Waals surface area contributed by atoms with Crippen molar-refractivity contribution in [2.75, 3.05) is 18.4 Å². The van der Waals surface area contributed by atoms with Gasteiger partial charge in [-0.3, -0.25) is 14.4 Å². The van der Waals surface area contributed by atoms with Crippen molar-refractivity contribution in [1.82, 2.24) is 10.2 Å². The average molecular weight is 465 g/mol. The maximum atomic E-state index is 12.9. The third kappa shape index (κ3) is 6.90. The van der Waals surface area contributed by atoms with Gasteiger partial charge in [0.1, 0.15) is 6.04 Å². The van der Waals surface area contributed by atoms with Crippen molar-refractivity contribution in [2.24, 2.45) is 17.6 Å². The molecule has 1 heterocycles. The maximum absolute atomic E-state index is 12.9. The number of anilines is 1. The van der Waals surface area contributed by atoms with Crippen molar-refractivity contribution in [2.45, 2.75) is 52.1 Å². The Kier molecular flexibility index (Phi) is 8.82. The van der Waals surface area contributed by atoms with E-state index in [0.717, 1.165) is 11.1 Å². The van der Waals surface area contributed by atoms with Crippen LogP contribution in [-0.2, 0) is 20.8 Å². The summed E-state index contributed by atoms with van der Waals surface area (Å²) in [5, 5.41) is 5.83. The number of likely N-dealkylation sites (tertiary alicyclic amines) is 1. The van der Waals surface area contributed by atoms with Crippen LogP contribution >= 0.6 is 0 Å². The highest BCUT2D eigenvalue weighted by molar-refractivity contribution is 5.97. The van der Waals surface area contributed by atoms with E-state index >= 15 is 0 Å². The Hall–Kier alpha value is -3.19. The Morgan fingerprint density at radius 3 is 2.21 bits per heavy atom. The Balaban J connectivity index is 1.50. The number of rotatable bonds is 8. The molecule has 3 rings (SSSR count). The fourth-order valence-electron chi connectivity index (χ4n) is 4.21. The Morgan fingerprint density at radius 2 is 1.62 bits per heavy atom. The van der Waals surface area contributed by atoms with Crippen molar-refractivity contribution in [3.05, 3.63) is 65.7 Å². The van der Waals surface area contributed by atoms with Gasteiger partial charge in [0, 0.05) is 24.7 Å². The fourth-order valence-corrected chi connectivity index (χ4v) is 4.21. The minimum atomic E-state index is -0.632. The molecule has 1 saturated heterocycles. The molecule has 2 aromatic carbocycles. The second-order valence-corrected chi connectivity index (χ2v) is 9.48.